The molecule has 3 nitrogen and oxygen atoms in total. The highest BCUT2D eigenvalue weighted by Crippen LogP contribution is 2.34. The molecule has 1 fully saturated rings. The van der Waals surface area contributed by atoms with Crippen LogP contribution in [-0.4, -0.2) is 30.4 Å². The fourth-order valence-corrected chi connectivity index (χ4v) is 4.75. The zero-order chi connectivity index (χ0) is 18.6. The van der Waals surface area contributed by atoms with Crippen LogP contribution in [0.25, 0.3) is 0 Å². The summed E-state index contributed by atoms with van der Waals surface area (Å²) < 4.78 is 0. The second kappa shape index (κ2) is 8.26. The SMILES string of the molecule is CC(CC(=O)N1Cc2ccccc2C(c2ccccc2)C1)C1CCNCC1. The average Bonchev–Trinajstić information content (AvgIpc) is 2.74. The van der Waals surface area contributed by atoms with E-state index in [-0.39, 0.29) is 5.92 Å². The fraction of sp³-hybridized carbons (Fsp3) is 0.458. The van der Waals surface area contributed by atoms with Crippen molar-refractivity contribution < 1.29 is 4.79 Å². The monoisotopic (exact) mass is 362 g/mol. The van der Waals surface area contributed by atoms with Gasteiger partial charge in [-0.3, -0.25) is 4.79 Å². The van der Waals surface area contributed by atoms with Crippen LogP contribution in [0.15, 0.2) is 54.6 Å². The first kappa shape index (κ1) is 18.2. The van der Waals surface area contributed by atoms with E-state index in [2.05, 4.69) is 71.7 Å². The van der Waals surface area contributed by atoms with Crippen molar-refractivity contribution in [3.05, 3.63) is 71.3 Å². The summed E-state index contributed by atoms with van der Waals surface area (Å²) in [5, 5.41) is 3.43. The number of carbonyl (C=O) groups excluding carboxylic acids is 1. The third kappa shape index (κ3) is 4.08. The third-order valence-electron chi connectivity index (χ3n) is 6.43. The number of amides is 1. The van der Waals surface area contributed by atoms with E-state index in [4.69, 9.17) is 0 Å². The predicted molar refractivity (Wildman–Crippen MR) is 110 cm³/mol. The van der Waals surface area contributed by atoms with Gasteiger partial charge in [-0.1, -0.05) is 61.5 Å². The Kier molecular flexibility index (Phi) is 5.58. The lowest BCUT2D eigenvalue weighted by Crippen LogP contribution is -2.40. The van der Waals surface area contributed by atoms with Gasteiger partial charge in [0.15, 0.2) is 0 Å². The first-order chi connectivity index (χ1) is 13.2. The molecule has 3 heteroatoms. The lowest BCUT2D eigenvalue weighted by atomic mass is 9.82. The van der Waals surface area contributed by atoms with Gasteiger partial charge in [0.05, 0.1) is 0 Å². The average molecular weight is 363 g/mol. The quantitative estimate of drug-likeness (QED) is 0.885. The first-order valence-corrected chi connectivity index (χ1v) is 10.3. The molecule has 0 aliphatic carbocycles. The van der Waals surface area contributed by atoms with Crippen molar-refractivity contribution in [2.24, 2.45) is 11.8 Å². The van der Waals surface area contributed by atoms with Crippen molar-refractivity contribution in [1.82, 2.24) is 10.2 Å². The summed E-state index contributed by atoms with van der Waals surface area (Å²) >= 11 is 0. The Bertz CT molecular complexity index is 767. The highest BCUT2D eigenvalue weighted by molar-refractivity contribution is 5.77. The van der Waals surface area contributed by atoms with Crippen LogP contribution in [0.1, 0.15) is 48.8 Å². The van der Waals surface area contributed by atoms with Crippen LogP contribution in [-0.2, 0) is 11.3 Å². The van der Waals surface area contributed by atoms with E-state index in [9.17, 15) is 4.79 Å². The summed E-state index contributed by atoms with van der Waals surface area (Å²) in [6.07, 6.45) is 3.07. The number of piperidine rings is 1. The van der Waals surface area contributed by atoms with Gasteiger partial charge in [-0.05, 0) is 54.5 Å². The number of benzene rings is 2. The van der Waals surface area contributed by atoms with Crippen molar-refractivity contribution in [3.63, 3.8) is 0 Å². The summed E-state index contributed by atoms with van der Waals surface area (Å²) in [5.41, 5.74) is 3.97. The van der Waals surface area contributed by atoms with E-state index in [0.29, 0.717) is 24.2 Å². The summed E-state index contributed by atoms with van der Waals surface area (Å²) in [6.45, 7) is 5.99. The Morgan fingerprint density at radius 2 is 1.78 bits per heavy atom. The second-order valence-electron chi connectivity index (χ2n) is 8.21. The van der Waals surface area contributed by atoms with Crippen molar-refractivity contribution >= 4 is 5.91 Å². The maximum atomic E-state index is 13.1. The zero-order valence-corrected chi connectivity index (χ0v) is 16.2. The molecule has 0 saturated carbocycles. The normalized spacial score (nSPS) is 21.5. The van der Waals surface area contributed by atoms with Crippen molar-refractivity contribution in [3.8, 4) is 0 Å². The molecule has 2 atom stereocenters. The minimum Gasteiger partial charge on any atom is -0.337 e. The molecule has 2 unspecified atom stereocenters. The van der Waals surface area contributed by atoms with Crippen LogP contribution < -0.4 is 5.32 Å². The van der Waals surface area contributed by atoms with Gasteiger partial charge < -0.3 is 10.2 Å². The van der Waals surface area contributed by atoms with Gasteiger partial charge in [-0.25, -0.2) is 0 Å². The van der Waals surface area contributed by atoms with Gasteiger partial charge in [0, 0.05) is 25.4 Å². The van der Waals surface area contributed by atoms with Crippen LogP contribution in [0.3, 0.4) is 0 Å². The standard InChI is InChI=1S/C24H30N2O/c1-18(19-11-13-25-14-12-19)15-24(27)26-16-21-9-5-6-10-22(21)23(17-26)20-7-3-2-4-8-20/h2-10,18-19,23,25H,11-17H2,1H3. The number of hydrogen-bond acceptors (Lipinski definition) is 2. The smallest absolute Gasteiger partial charge is 0.223 e. The topological polar surface area (TPSA) is 32.3 Å². The third-order valence-corrected chi connectivity index (χ3v) is 6.43. The molecule has 0 radical (unpaired) electrons. The summed E-state index contributed by atoms with van der Waals surface area (Å²) in [7, 11) is 0. The van der Waals surface area contributed by atoms with E-state index in [0.717, 1.165) is 26.2 Å². The van der Waals surface area contributed by atoms with E-state index in [1.165, 1.54) is 29.5 Å². The van der Waals surface area contributed by atoms with Crippen molar-refractivity contribution in [1.29, 1.82) is 0 Å². The Morgan fingerprint density at radius 1 is 1.07 bits per heavy atom. The molecule has 0 bridgehead atoms. The Balaban J connectivity index is 1.51. The zero-order valence-electron chi connectivity index (χ0n) is 16.2. The van der Waals surface area contributed by atoms with E-state index < -0.39 is 0 Å². The molecule has 2 aliphatic heterocycles. The van der Waals surface area contributed by atoms with Gasteiger partial charge in [0.2, 0.25) is 5.91 Å². The molecular weight excluding hydrogens is 332 g/mol. The first-order valence-electron chi connectivity index (χ1n) is 10.3. The van der Waals surface area contributed by atoms with E-state index in [1.54, 1.807) is 0 Å². The summed E-state index contributed by atoms with van der Waals surface area (Å²) in [6, 6.07) is 19.2. The number of rotatable bonds is 4. The number of nitrogens with zero attached hydrogens (tertiary/aromatic N) is 1. The van der Waals surface area contributed by atoms with Crippen molar-refractivity contribution in [2.45, 2.75) is 38.6 Å². The molecule has 0 aromatic heterocycles. The van der Waals surface area contributed by atoms with Gasteiger partial charge in [0.1, 0.15) is 0 Å². The molecule has 4 rings (SSSR count). The molecule has 1 saturated heterocycles. The number of nitrogens with one attached hydrogen (secondary N) is 1. The summed E-state index contributed by atoms with van der Waals surface area (Å²) in [4.78, 5) is 15.2. The van der Waals surface area contributed by atoms with Gasteiger partial charge >= 0.3 is 0 Å². The van der Waals surface area contributed by atoms with Gasteiger partial charge in [0.25, 0.3) is 0 Å². The molecule has 1 amide bonds. The van der Waals surface area contributed by atoms with Gasteiger partial charge in [-0.15, -0.1) is 0 Å². The molecule has 2 aromatic rings. The Morgan fingerprint density at radius 3 is 2.56 bits per heavy atom. The second-order valence-corrected chi connectivity index (χ2v) is 8.21. The maximum absolute atomic E-state index is 13.1. The van der Waals surface area contributed by atoms with Gasteiger partial charge in [-0.2, -0.15) is 0 Å². The van der Waals surface area contributed by atoms with Crippen LogP contribution in [0.5, 0.6) is 0 Å². The molecule has 2 aromatic carbocycles. The number of carbonyl (C=O) groups is 1. The van der Waals surface area contributed by atoms with E-state index in [1.807, 2.05) is 0 Å². The molecule has 27 heavy (non-hydrogen) atoms. The van der Waals surface area contributed by atoms with E-state index >= 15 is 0 Å². The van der Waals surface area contributed by atoms with Crippen LogP contribution >= 0.6 is 0 Å². The Hall–Kier alpha value is -2.13. The lowest BCUT2D eigenvalue weighted by molar-refractivity contribution is -0.133. The largest absolute Gasteiger partial charge is 0.337 e. The molecule has 2 heterocycles. The number of hydrogen-bond donors (Lipinski definition) is 1. The molecule has 0 spiro atoms. The highest BCUT2D eigenvalue weighted by atomic mass is 16.2. The molecular formula is C24H30N2O. The summed E-state index contributed by atoms with van der Waals surface area (Å²) in [5.74, 6) is 1.73. The molecule has 142 valence electrons. The van der Waals surface area contributed by atoms with Crippen LogP contribution in [0.4, 0.5) is 0 Å². The fourth-order valence-electron chi connectivity index (χ4n) is 4.75. The minimum atomic E-state index is 0.272. The Labute approximate surface area is 162 Å². The molecule has 1 N–H and O–H groups in total. The van der Waals surface area contributed by atoms with Crippen LogP contribution in [0.2, 0.25) is 0 Å². The van der Waals surface area contributed by atoms with Crippen molar-refractivity contribution in [2.75, 3.05) is 19.6 Å². The maximum Gasteiger partial charge on any atom is 0.223 e. The minimum absolute atomic E-state index is 0.272. The number of fused-ring (bicyclic) bond motifs is 1. The molecule has 2 aliphatic rings. The van der Waals surface area contributed by atoms with Crippen LogP contribution in [0, 0.1) is 11.8 Å². The highest BCUT2D eigenvalue weighted by Gasteiger charge is 2.30. The lowest BCUT2D eigenvalue weighted by Gasteiger charge is -2.36. The predicted octanol–water partition coefficient (Wildman–Crippen LogP) is 4.19.